The highest BCUT2D eigenvalue weighted by Gasteiger charge is 2.06. The van der Waals surface area contributed by atoms with E-state index >= 15 is 0 Å². The van der Waals surface area contributed by atoms with Crippen molar-refractivity contribution in [3.8, 4) is 5.75 Å². The van der Waals surface area contributed by atoms with E-state index in [1.807, 2.05) is 30.3 Å². The molecule has 126 valence electrons. The number of anilines is 3. The Morgan fingerprint density at radius 3 is 2.52 bits per heavy atom. The molecule has 0 unspecified atom stereocenters. The number of carbonyl (C=O) groups excluding carboxylic acids is 1. The lowest BCUT2D eigenvalue weighted by atomic mass is 10.2. The van der Waals surface area contributed by atoms with Crippen LogP contribution in [-0.2, 0) is 0 Å². The first-order valence-electron chi connectivity index (χ1n) is 7.58. The van der Waals surface area contributed by atoms with Crippen LogP contribution in [-0.4, -0.2) is 18.0 Å². The molecule has 0 spiro atoms. The van der Waals surface area contributed by atoms with Gasteiger partial charge >= 0.3 is 0 Å². The van der Waals surface area contributed by atoms with Gasteiger partial charge in [-0.1, -0.05) is 17.7 Å². The van der Waals surface area contributed by atoms with E-state index in [0.29, 0.717) is 16.4 Å². The standard InChI is InChI=1S/C19H16ClN3O2/c1-25-17-4-2-3-15(11-17)22-16-9-10-18(21-12-16)23-19(24)13-5-7-14(20)8-6-13/h2-12,22H,1H3,(H,21,23,24). The maximum absolute atomic E-state index is 12.1. The zero-order chi connectivity index (χ0) is 17.6. The van der Waals surface area contributed by atoms with Crippen LogP contribution in [0.15, 0.2) is 66.9 Å². The molecule has 5 nitrogen and oxygen atoms in total. The second-order valence-electron chi connectivity index (χ2n) is 5.25. The molecule has 2 aromatic carbocycles. The molecule has 0 saturated heterocycles. The molecule has 0 aliphatic carbocycles. The lowest BCUT2D eigenvalue weighted by molar-refractivity contribution is 0.102. The Morgan fingerprint density at radius 1 is 1.04 bits per heavy atom. The van der Waals surface area contributed by atoms with Gasteiger partial charge < -0.3 is 15.4 Å². The number of pyridine rings is 1. The van der Waals surface area contributed by atoms with Crippen LogP contribution in [0.5, 0.6) is 5.75 Å². The molecule has 0 fully saturated rings. The molecule has 25 heavy (non-hydrogen) atoms. The van der Waals surface area contributed by atoms with Crippen molar-refractivity contribution in [3.63, 3.8) is 0 Å². The molecule has 0 atom stereocenters. The van der Waals surface area contributed by atoms with E-state index in [-0.39, 0.29) is 5.91 Å². The molecule has 0 radical (unpaired) electrons. The summed E-state index contributed by atoms with van der Waals surface area (Å²) in [5.41, 5.74) is 2.21. The van der Waals surface area contributed by atoms with Crippen molar-refractivity contribution in [1.29, 1.82) is 0 Å². The molecular weight excluding hydrogens is 338 g/mol. The summed E-state index contributed by atoms with van der Waals surface area (Å²) in [6.07, 6.45) is 1.65. The smallest absolute Gasteiger partial charge is 0.256 e. The van der Waals surface area contributed by atoms with Gasteiger partial charge in [0.05, 0.1) is 19.0 Å². The van der Waals surface area contributed by atoms with Gasteiger partial charge in [-0.25, -0.2) is 4.98 Å². The van der Waals surface area contributed by atoms with Gasteiger partial charge in [-0.2, -0.15) is 0 Å². The Kier molecular flexibility index (Phi) is 5.16. The minimum Gasteiger partial charge on any atom is -0.497 e. The van der Waals surface area contributed by atoms with Crippen molar-refractivity contribution in [1.82, 2.24) is 4.98 Å². The molecule has 0 aliphatic heterocycles. The Balaban J connectivity index is 1.65. The maximum atomic E-state index is 12.1. The van der Waals surface area contributed by atoms with Crippen molar-refractivity contribution in [3.05, 3.63) is 77.4 Å². The lowest BCUT2D eigenvalue weighted by Gasteiger charge is -2.09. The average Bonchev–Trinajstić information content (AvgIpc) is 2.64. The quantitative estimate of drug-likeness (QED) is 0.695. The van der Waals surface area contributed by atoms with Crippen LogP contribution in [0, 0.1) is 0 Å². The van der Waals surface area contributed by atoms with E-state index in [4.69, 9.17) is 16.3 Å². The number of amides is 1. The molecule has 6 heteroatoms. The number of hydrogen-bond donors (Lipinski definition) is 2. The topological polar surface area (TPSA) is 63.2 Å². The number of carbonyl (C=O) groups is 1. The summed E-state index contributed by atoms with van der Waals surface area (Å²) in [6.45, 7) is 0. The summed E-state index contributed by atoms with van der Waals surface area (Å²) in [5.74, 6) is 0.999. The second kappa shape index (κ2) is 7.68. The summed E-state index contributed by atoms with van der Waals surface area (Å²) < 4.78 is 5.19. The molecule has 2 N–H and O–H groups in total. The zero-order valence-corrected chi connectivity index (χ0v) is 14.2. The number of benzene rings is 2. The number of halogens is 1. The van der Waals surface area contributed by atoms with E-state index in [1.165, 1.54) is 0 Å². The largest absolute Gasteiger partial charge is 0.497 e. The summed E-state index contributed by atoms with van der Waals surface area (Å²) in [7, 11) is 1.62. The molecule has 1 amide bonds. The summed E-state index contributed by atoms with van der Waals surface area (Å²) in [5, 5.41) is 6.56. The van der Waals surface area contributed by atoms with Crippen LogP contribution in [0.25, 0.3) is 0 Å². The highest BCUT2D eigenvalue weighted by Crippen LogP contribution is 2.21. The fourth-order valence-corrected chi connectivity index (χ4v) is 2.32. The van der Waals surface area contributed by atoms with Crippen LogP contribution in [0.3, 0.4) is 0 Å². The molecular formula is C19H16ClN3O2. The SMILES string of the molecule is COc1cccc(Nc2ccc(NC(=O)c3ccc(Cl)cc3)nc2)c1. The monoisotopic (exact) mass is 353 g/mol. The van der Waals surface area contributed by atoms with Crippen molar-refractivity contribution >= 4 is 34.7 Å². The summed E-state index contributed by atoms with van der Waals surface area (Å²) in [6, 6.07) is 17.8. The third-order valence-electron chi connectivity index (χ3n) is 3.47. The number of ether oxygens (including phenoxy) is 1. The van der Waals surface area contributed by atoms with Gasteiger partial charge in [0.15, 0.2) is 0 Å². The molecule has 3 aromatic rings. The second-order valence-corrected chi connectivity index (χ2v) is 5.69. The van der Waals surface area contributed by atoms with Crippen LogP contribution < -0.4 is 15.4 Å². The highest BCUT2D eigenvalue weighted by atomic mass is 35.5. The van der Waals surface area contributed by atoms with Gasteiger partial charge in [0.25, 0.3) is 5.91 Å². The minimum absolute atomic E-state index is 0.238. The number of hydrogen-bond acceptors (Lipinski definition) is 4. The zero-order valence-electron chi connectivity index (χ0n) is 13.5. The Labute approximate surface area is 150 Å². The van der Waals surface area contributed by atoms with Crippen LogP contribution >= 0.6 is 11.6 Å². The molecule has 1 heterocycles. The van der Waals surface area contributed by atoms with Crippen LogP contribution in [0.4, 0.5) is 17.2 Å². The van der Waals surface area contributed by atoms with Gasteiger partial charge in [0.1, 0.15) is 11.6 Å². The van der Waals surface area contributed by atoms with Crippen LogP contribution in [0.2, 0.25) is 5.02 Å². The molecule has 0 aliphatic rings. The van der Waals surface area contributed by atoms with E-state index in [1.54, 1.807) is 43.6 Å². The average molecular weight is 354 g/mol. The Bertz CT molecular complexity index is 865. The summed E-state index contributed by atoms with van der Waals surface area (Å²) in [4.78, 5) is 16.4. The van der Waals surface area contributed by atoms with E-state index in [2.05, 4.69) is 15.6 Å². The first kappa shape index (κ1) is 16.8. The summed E-state index contributed by atoms with van der Waals surface area (Å²) >= 11 is 5.82. The Morgan fingerprint density at radius 2 is 1.84 bits per heavy atom. The normalized spacial score (nSPS) is 10.2. The highest BCUT2D eigenvalue weighted by molar-refractivity contribution is 6.30. The molecule has 0 bridgehead atoms. The number of aromatic nitrogens is 1. The predicted molar refractivity (Wildman–Crippen MR) is 99.9 cm³/mol. The van der Waals surface area contributed by atoms with Crippen molar-refractivity contribution < 1.29 is 9.53 Å². The third kappa shape index (κ3) is 4.49. The van der Waals surface area contributed by atoms with Crippen LogP contribution in [0.1, 0.15) is 10.4 Å². The van der Waals surface area contributed by atoms with E-state index in [9.17, 15) is 4.79 Å². The third-order valence-corrected chi connectivity index (χ3v) is 3.72. The fraction of sp³-hybridized carbons (Fsp3) is 0.0526. The van der Waals surface area contributed by atoms with Gasteiger partial charge in [-0.15, -0.1) is 0 Å². The van der Waals surface area contributed by atoms with Crippen molar-refractivity contribution in [2.24, 2.45) is 0 Å². The molecule has 3 rings (SSSR count). The number of nitrogens with zero attached hydrogens (tertiary/aromatic N) is 1. The lowest BCUT2D eigenvalue weighted by Crippen LogP contribution is -2.12. The minimum atomic E-state index is -0.238. The fourth-order valence-electron chi connectivity index (χ4n) is 2.20. The first-order chi connectivity index (χ1) is 12.1. The predicted octanol–water partition coefficient (Wildman–Crippen LogP) is 4.74. The van der Waals surface area contributed by atoms with Crippen molar-refractivity contribution in [2.45, 2.75) is 0 Å². The van der Waals surface area contributed by atoms with E-state index in [0.717, 1.165) is 17.1 Å². The number of rotatable bonds is 5. The van der Waals surface area contributed by atoms with Gasteiger partial charge in [-0.05, 0) is 48.5 Å². The molecule has 1 aromatic heterocycles. The maximum Gasteiger partial charge on any atom is 0.256 e. The number of methoxy groups -OCH3 is 1. The van der Waals surface area contributed by atoms with E-state index < -0.39 is 0 Å². The van der Waals surface area contributed by atoms with Crippen molar-refractivity contribution in [2.75, 3.05) is 17.7 Å². The molecule has 0 saturated carbocycles. The first-order valence-corrected chi connectivity index (χ1v) is 7.96. The Hall–Kier alpha value is -3.05. The number of nitrogens with one attached hydrogen (secondary N) is 2. The van der Waals surface area contributed by atoms with Gasteiger partial charge in [0, 0.05) is 22.3 Å². The van der Waals surface area contributed by atoms with Gasteiger partial charge in [-0.3, -0.25) is 4.79 Å². The van der Waals surface area contributed by atoms with Gasteiger partial charge in [0.2, 0.25) is 0 Å².